The van der Waals surface area contributed by atoms with Gasteiger partial charge in [-0.25, -0.2) is 10.8 Å². The number of nitrogens with two attached hydrogens (primary N) is 1. The molecule has 0 saturated carbocycles. The molecule has 0 spiro atoms. The third-order valence-electron chi connectivity index (χ3n) is 2.07. The van der Waals surface area contributed by atoms with Crippen molar-refractivity contribution >= 4 is 28.9 Å². The van der Waals surface area contributed by atoms with Crippen LogP contribution in [0, 0.1) is 0 Å². The Morgan fingerprint density at radius 3 is 2.94 bits per heavy atom. The molecule has 7 heteroatoms. The lowest BCUT2D eigenvalue weighted by Gasteiger charge is -2.19. The minimum atomic E-state index is 0.573. The maximum atomic E-state index is 5.87. The second kappa shape index (κ2) is 7.50. The highest BCUT2D eigenvalue weighted by molar-refractivity contribution is 7.16. The van der Waals surface area contributed by atoms with Crippen molar-refractivity contribution in [3.05, 3.63) is 21.3 Å². The summed E-state index contributed by atoms with van der Waals surface area (Å²) in [5, 5.41) is 0. The Hall–Kier alpha value is -0.820. The number of rotatable bonds is 5. The normalized spacial score (nSPS) is 11.6. The first kappa shape index (κ1) is 14.2. The fraction of sp³-hybridized carbons (Fsp3) is 0.500. The highest BCUT2D eigenvalue weighted by Gasteiger charge is 2.07. The lowest BCUT2D eigenvalue weighted by molar-refractivity contribution is 0.207. The van der Waals surface area contributed by atoms with Gasteiger partial charge in [0.1, 0.15) is 0 Å². The van der Waals surface area contributed by atoms with E-state index in [0.717, 1.165) is 9.21 Å². The summed E-state index contributed by atoms with van der Waals surface area (Å²) in [6, 6.07) is 3.87. The number of hydrogen-bond acceptors (Lipinski definition) is 4. The topological polar surface area (TPSA) is 62.9 Å². The van der Waals surface area contributed by atoms with Crippen molar-refractivity contribution in [1.82, 2.24) is 10.3 Å². The zero-order valence-electron chi connectivity index (χ0n) is 9.94. The van der Waals surface area contributed by atoms with Crippen LogP contribution in [0.15, 0.2) is 17.1 Å². The summed E-state index contributed by atoms with van der Waals surface area (Å²) in [6.07, 6.45) is 0. The highest BCUT2D eigenvalue weighted by atomic mass is 35.5. The van der Waals surface area contributed by atoms with Gasteiger partial charge in [0.2, 0.25) is 5.96 Å². The van der Waals surface area contributed by atoms with Crippen molar-refractivity contribution in [1.29, 1.82) is 0 Å². The lowest BCUT2D eigenvalue weighted by Crippen LogP contribution is -2.42. The van der Waals surface area contributed by atoms with Crippen molar-refractivity contribution in [3.63, 3.8) is 0 Å². The predicted molar refractivity (Wildman–Crippen MR) is 72.3 cm³/mol. The zero-order chi connectivity index (χ0) is 12.7. The minimum Gasteiger partial charge on any atom is -0.383 e. The number of hydrazine groups is 1. The van der Waals surface area contributed by atoms with E-state index in [2.05, 4.69) is 10.4 Å². The second-order valence-corrected chi connectivity index (χ2v) is 5.20. The molecular formula is C10H17ClN4OS. The molecule has 0 atom stereocenters. The quantitative estimate of drug-likeness (QED) is 0.280. The Labute approximate surface area is 110 Å². The minimum absolute atomic E-state index is 0.573. The number of guanidine groups is 1. The molecule has 0 aliphatic carbocycles. The molecule has 96 valence electrons. The van der Waals surface area contributed by atoms with E-state index < -0.39 is 0 Å². The molecule has 17 heavy (non-hydrogen) atoms. The zero-order valence-corrected chi connectivity index (χ0v) is 11.5. The van der Waals surface area contributed by atoms with Crippen LogP contribution >= 0.6 is 22.9 Å². The van der Waals surface area contributed by atoms with Gasteiger partial charge in [0.25, 0.3) is 0 Å². The van der Waals surface area contributed by atoms with Crippen LogP contribution in [0.5, 0.6) is 0 Å². The fourth-order valence-corrected chi connectivity index (χ4v) is 2.41. The monoisotopic (exact) mass is 276 g/mol. The molecule has 1 aromatic heterocycles. The van der Waals surface area contributed by atoms with Gasteiger partial charge in [-0.2, -0.15) is 0 Å². The maximum Gasteiger partial charge on any atom is 0.208 e. The number of methoxy groups -OCH3 is 1. The Morgan fingerprint density at radius 1 is 1.65 bits per heavy atom. The number of halogens is 1. The molecule has 0 aliphatic heterocycles. The number of aliphatic imine (C=N–C) groups is 1. The van der Waals surface area contributed by atoms with Crippen molar-refractivity contribution in [2.45, 2.75) is 6.54 Å². The van der Waals surface area contributed by atoms with Crippen LogP contribution in [0.4, 0.5) is 0 Å². The van der Waals surface area contributed by atoms with Gasteiger partial charge in [-0.05, 0) is 12.1 Å². The Balaban J connectivity index is 2.54. The molecule has 0 amide bonds. The van der Waals surface area contributed by atoms with Gasteiger partial charge in [-0.15, -0.1) is 11.3 Å². The molecule has 5 nitrogen and oxygen atoms in total. The predicted octanol–water partition coefficient (Wildman–Crippen LogP) is 1.30. The van der Waals surface area contributed by atoms with E-state index in [1.54, 1.807) is 18.4 Å². The molecule has 3 N–H and O–H groups in total. The molecule has 1 heterocycles. The van der Waals surface area contributed by atoms with Crippen molar-refractivity contribution in [3.8, 4) is 0 Å². The van der Waals surface area contributed by atoms with Gasteiger partial charge in [0, 0.05) is 19.0 Å². The van der Waals surface area contributed by atoms with Gasteiger partial charge in [0.05, 0.1) is 24.0 Å². The first-order chi connectivity index (χ1) is 8.17. The van der Waals surface area contributed by atoms with Gasteiger partial charge in [-0.3, -0.25) is 5.43 Å². The number of hydrogen-bond donors (Lipinski definition) is 2. The summed E-state index contributed by atoms with van der Waals surface area (Å²) in [7, 11) is 3.56. The highest BCUT2D eigenvalue weighted by Crippen LogP contribution is 2.22. The average Bonchev–Trinajstić information content (AvgIpc) is 2.70. The molecule has 0 aromatic carbocycles. The molecule has 1 rings (SSSR count). The Bertz CT molecular complexity index is 369. The first-order valence-electron chi connectivity index (χ1n) is 5.12. The summed E-state index contributed by atoms with van der Waals surface area (Å²) in [6.45, 7) is 1.86. The Kier molecular flexibility index (Phi) is 6.28. The average molecular weight is 277 g/mol. The van der Waals surface area contributed by atoms with Crippen molar-refractivity contribution < 1.29 is 4.74 Å². The summed E-state index contributed by atoms with van der Waals surface area (Å²) < 4.78 is 5.71. The third-order valence-corrected chi connectivity index (χ3v) is 3.29. The number of nitrogens with one attached hydrogen (secondary N) is 1. The molecule has 1 aromatic rings. The molecule has 0 radical (unpaired) electrons. The van der Waals surface area contributed by atoms with Crippen LogP contribution < -0.4 is 11.3 Å². The van der Waals surface area contributed by atoms with Gasteiger partial charge in [-0.1, -0.05) is 11.6 Å². The first-order valence-corrected chi connectivity index (χ1v) is 6.32. The van der Waals surface area contributed by atoms with Gasteiger partial charge < -0.3 is 9.64 Å². The van der Waals surface area contributed by atoms with Crippen LogP contribution in [0.3, 0.4) is 0 Å². The van der Waals surface area contributed by atoms with Gasteiger partial charge in [0.15, 0.2) is 0 Å². The van der Waals surface area contributed by atoms with Crippen molar-refractivity contribution in [2.24, 2.45) is 10.8 Å². The van der Waals surface area contributed by atoms with Crippen LogP contribution in [-0.2, 0) is 11.3 Å². The van der Waals surface area contributed by atoms with Crippen LogP contribution in [0.2, 0.25) is 4.34 Å². The molecular weight excluding hydrogens is 260 g/mol. The second-order valence-electron chi connectivity index (χ2n) is 3.40. The summed E-state index contributed by atoms with van der Waals surface area (Å²) in [4.78, 5) is 7.38. The van der Waals surface area contributed by atoms with Crippen molar-refractivity contribution in [2.75, 3.05) is 27.3 Å². The largest absolute Gasteiger partial charge is 0.383 e. The lowest BCUT2D eigenvalue weighted by atomic mass is 10.4. The summed E-state index contributed by atoms with van der Waals surface area (Å²) in [5.41, 5.74) is 2.58. The SMILES string of the molecule is COCCN=C(NN)N(C)Cc1ccc(Cl)s1. The molecule has 0 unspecified atom stereocenters. The number of nitrogens with zero attached hydrogens (tertiary/aromatic N) is 2. The number of thiophene rings is 1. The van der Waals surface area contributed by atoms with Crippen LogP contribution in [0.1, 0.15) is 4.88 Å². The summed E-state index contributed by atoms with van der Waals surface area (Å²) >= 11 is 7.42. The van der Waals surface area contributed by atoms with E-state index >= 15 is 0 Å². The third kappa shape index (κ3) is 4.91. The molecule has 0 bridgehead atoms. The van der Waals surface area contributed by atoms with E-state index in [1.807, 2.05) is 24.1 Å². The smallest absolute Gasteiger partial charge is 0.208 e. The standard InChI is InChI=1S/C10H17ClN4OS/c1-15(7-8-3-4-9(11)17-8)10(14-12)13-5-6-16-2/h3-4H,5-7,12H2,1-2H3,(H,13,14). The molecule has 0 aliphatic rings. The fourth-order valence-electron chi connectivity index (χ4n) is 1.26. The number of ether oxygens (including phenoxy) is 1. The van der Waals surface area contributed by atoms with E-state index in [1.165, 1.54) is 0 Å². The molecule has 0 fully saturated rings. The van der Waals surface area contributed by atoms with Crippen LogP contribution in [0.25, 0.3) is 0 Å². The molecule has 0 saturated heterocycles. The van der Waals surface area contributed by atoms with E-state index in [0.29, 0.717) is 25.7 Å². The maximum absolute atomic E-state index is 5.87. The van der Waals surface area contributed by atoms with E-state index in [9.17, 15) is 0 Å². The summed E-state index contributed by atoms with van der Waals surface area (Å²) in [5.74, 6) is 6.06. The van der Waals surface area contributed by atoms with E-state index in [-0.39, 0.29) is 0 Å². The van der Waals surface area contributed by atoms with Crippen LogP contribution in [-0.4, -0.2) is 38.2 Å². The Morgan fingerprint density at radius 2 is 2.41 bits per heavy atom. The van der Waals surface area contributed by atoms with E-state index in [4.69, 9.17) is 22.2 Å². The van der Waals surface area contributed by atoms with Gasteiger partial charge >= 0.3 is 0 Å².